The molecular weight excluding hydrogens is 532 g/mol. The normalized spacial score (nSPS) is 12.5. The molecule has 0 saturated carbocycles. The van der Waals surface area contributed by atoms with Crippen molar-refractivity contribution in [2.24, 2.45) is 0 Å². The van der Waals surface area contributed by atoms with E-state index in [1.54, 1.807) is 29.5 Å². The minimum absolute atomic E-state index is 0.279. The van der Waals surface area contributed by atoms with Gasteiger partial charge < -0.3 is 19.9 Å². The molecule has 5 rings (SSSR count). The summed E-state index contributed by atoms with van der Waals surface area (Å²) in [6, 6.07) is 29.1. The molecule has 7 nitrogen and oxygen atoms in total. The first-order valence-corrected chi connectivity index (χ1v) is 15.3. The van der Waals surface area contributed by atoms with E-state index in [9.17, 15) is 13.5 Å². The number of aliphatic hydroxyl groups is 1. The van der Waals surface area contributed by atoms with Crippen LogP contribution in [0.1, 0.15) is 17.2 Å². The number of sulfonamides is 1. The smallest absolute Gasteiger partial charge is 0.229 e. The molecule has 3 N–H and O–H groups in total. The van der Waals surface area contributed by atoms with E-state index in [1.807, 2.05) is 42.5 Å². The summed E-state index contributed by atoms with van der Waals surface area (Å²) in [5.41, 5.74) is 1.81. The van der Waals surface area contributed by atoms with Gasteiger partial charge in [0.2, 0.25) is 10.0 Å². The number of benzene rings is 4. The summed E-state index contributed by atoms with van der Waals surface area (Å²) in [7, 11) is -3.54. The Balaban J connectivity index is 1.15. The zero-order valence-corrected chi connectivity index (χ0v) is 23.1. The Morgan fingerprint density at radius 1 is 0.872 bits per heavy atom. The molecule has 0 spiro atoms. The van der Waals surface area contributed by atoms with Crippen LogP contribution in [0.15, 0.2) is 91.0 Å². The molecule has 0 amide bonds. The average molecular weight is 563 g/mol. The highest BCUT2D eigenvalue weighted by atomic mass is 32.2. The van der Waals surface area contributed by atoms with Gasteiger partial charge in [-0.1, -0.05) is 54.6 Å². The SMILES string of the molecule is CS(=O)(=O)Nc1cc(C(O)CNCCOc2ccc3c(c2)sc2ccccc23)ccc1OCc1ccccc1. The van der Waals surface area contributed by atoms with Gasteiger partial charge in [-0.2, -0.15) is 0 Å². The zero-order chi connectivity index (χ0) is 27.2. The Hall–Kier alpha value is -3.63. The molecule has 1 heterocycles. The van der Waals surface area contributed by atoms with Gasteiger partial charge >= 0.3 is 0 Å². The number of aliphatic hydroxyl groups excluding tert-OH is 1. The average Bonchev–Trinajstić information content (AvgIpc) is 3.29. The number of hydrogen-bond acceptors (Lipinski definition) is 7. The molecule has 9 heteroatoms. The molecule has 0 aliphatic carbocycles. The fraction of sp³-hybridized carbons (Fsp3) is 0.200. The van der Waals surface area contributed by atoms with Crippen LogP contribution in [-0.4, -0.2) is 39.5 Å². The van der Waals surface area contributed by atoms with Gasteiger partial charge in [-0.15, -0.1) is 11.3 Å². The molecule has 1 aromatic heterocycles. The third-order valence-electron chi connectivity index (χ3n) is 6.16. The van der Waals surface area contributed by atoms with Gasteiger partial charge in [-0.3, -0.25) is 4.72 Å². The van der Waals surface area contributed by atoms with Crippen LogP contribution in [0.5, 0.6) is 11.5 Å². The van der Waals surface area contributed by atoms with Crippen molar-refractivity contribution in [1.29, 1.82) is 0 Å². The monoisotopic (exact) mass is 562 g/mol. The van der Waals surface area contributed by atoms with Gasteiger partial charge in [0, 0.05) is 33.3 Å². The van der Waals surface area contributed by atoms with Crippen molar-refractivity contribution in [3.8, 4) is 11.5 Å². The largest absolute Gasteiger partial charge is 0.492 e. The van der Waals surface area contributed by atoms with Gasteiger partial charge in [-0.25, -0.2) is 8.42 Å². The molecule has 0 saturated heterocycles. The first kappa shape index (κ1) is 27.0. The first-order valence-electron chi connectivity index (χ1n) is 12.6. The van der Waals surface area contributed by atoms with Crippen molar-refractivity contribution in [2.45, 2.75) is 12.7 Å². The van der Waals surface area contributed by atoms with Crippen LogP contribution >= 0.6 is 11.3 Å². The van der Waals surface area contributed by atoms with E-state index in [-0.39, 0.29) is 12.2 Å². The van der Waals surface area contributed by atoms with Crippen LogP contribution in [0.2, 0.25) is 0 Å². The second-order valence-electron chi connectivity index (χ2n) is 9.23. The molecule has 0 aliphatic heterocycles. The number of fused-ring (bicyclic) bond motifs is 3. The highest BCUT2D eigenvalue weighted by Crippen LogP contribution is 2.35. The van der Waals surface area contributed by atoms with E-state index in [2.05, 4.69) is 40.4 Å². The number of rotatable bonds is 12. The molecule has 4 aromatic carbocycles. The lowest BCUT2D eigenvalue weighted by Gasteiger charge is -2.17. The number of thiophene rings is 1. The molecule has 5 aromatic rings. The van der Waals surface area contributed by atoms with Crippen LogP contribution in [0.4, 0.5) is 5.69 Å². The lowest BCUT2D eigenvalue weighted by molar-refractivity contribution is 0.172. The maximum absolute atomic E-state index is 11.9. The van der Waals surface area contributed by atoms with Gasteiger partial charge in [0.1, 0.15) is 24.7 Å². The molecule has 1 atom stereocenters. The number of anilines is 1. The summed E-state index contributed by atoms with van der Waals surface area (Å²) in [6.45, 7) is 1.55. The lowest BCUT2D eigenvalue weighted by atomic mass is 10.1. The molecule has 39 heavy (non-hydrogen) atoms. The summed E-state index contributed by atoms with van der Waals surface area (Å²) in [5, 5.41) is 16.4. The summed E-state index contributed by atoms with van der Waals surface area (Å²) < 4.78 is 40.6. The van der Waals surface area contributed by atoms with Gasteiger partial charge in [0.15, 0.2) is 0 Å². The van der Waals surface area contributed by atoms with Crippen LogP contribution in [0.3, 0.4) is 0 Å². The highest BCUT2D eigenvalue weighted by Gasteiger charge is 2.15. The predicted octanol–water partition coefficient (Wildman–Crippen LogP) is 5.71. The van der Waals surface area contributed by atoms with Crippen LogP contribution in [0.25, 0.3) is 20.2 Å². The maximum Gasteiger partial charge on any atom is 0.229 e. The predicted molar refractivity (Wildman–Crippen MR) is 158 cm³/mol. The van der Waals surface area contributed by atoms with Crippen molar-refractivity contribution < 1.29 is 23.0 Å². The summed E-state index contributed by atoms with van der Waals surface area (Å²) in [5.74, 6) is 1.19. The van der Waals surface area contributed by atoms with Gasteiger partial charge in [-0.05, 0) is 47.5 Å². The minimum atomic E-state index is -3.54. The molecule has 0 aliphatic rings. The quantitative estimate of drug-likeness (QED) is 0.169. The first-order chi connectivity index (χ1) is 18.9. The fourth-order valence-corrected chi connectivity index (χ4v) is 5.98. The Morgan fingerprint density at radius 2 is 1.64 bits per heavy atom. The van der Waals surface area contributed by atoms with Crippen molar-refractivity contribution >= 4 is 47.2 Å². The van der Waals surface area contributed by atoms with Crippen LogP contribution in [-0.2, 0) is 16.6 Å². The number of ether oxygens (including phenoxy) is 2. The molecule has 0 fully saturated rings. The standard InChI is InChI=1S/C30H30N2O5S2/c1-39(34,35)32-26-17-22(11-14-28(26)37-20-21-7-3-2-4-8-21)27(33)19-31-15-16-36-23-12-13-25-24-9-5-6-10-29(24)38-30(25)18-23/h2-14,17-18,27,31-33H,15-16,19-20H2,1H3. The van der Waals surface area contributed by atoms with E-state index in [1.165, 1.54) is 20.2 Å². The Morgan fingerprint density at radius 3 is 2.46 bits per heavy atom. The van der Waals surface area contributed by atoms with Gasteiger partial charge in [0.05, 0.1) is 18.0 Å². The number of nitrogens with one attached hydrogen (secondary N) is 2. The second-order valence-corrected chi connectivity index (χ2v) is 12.1. The van der Waals surface area contributed by atoms with Crippen LogP contribution in [0, 0.1) is 0 Å². The highest BCUT2D eigenvalue weighted by molar-refractivity contribution is 7.92. The van der Waals surface area contributed by atoms with Crippen molar-refractivity contribution in [2.75, 3.05) is 30.7 Å². The second kappa shape index (κ2) is 12.0. The Labute approximate surface area is 232 Å². The van der Waals surface area contributed by atoms with Gasteiger partial charge in [0.25, 0.3) is 0 Å². The summed E-state index contributed by atoms with van der Waals surface area (Å²) in [6.07, 6.45) is 0.236. The third kappa shape index (κ3) is 7.07. The van der Waals surface area contributed by atoms with Crippen LogP contribution < -0.4 is 19.5 Å². The summed E-state index contributed by atoms with van der Waals surface area (Å²) >= 11 is 1.75. The topological polar surface area (TPSA) is 96.9 Å². The van der Waals surface area contributed by atoms with Crippen molar-refractivity contribution in [3.05, 3.63) is 102 Å². The zero-order valence-electron chi connectivity index (χ0n) is 21.5. The number of hydrogen-bond donors (Lipinski definition) is 3. The van der Waals surface area contributed by atoms with E-state index in [0.29, 0.717) is 31.1 Å². The molecule has 0 bridgehead atoms. The molecule has 0 radical (unpaired) electrons. The Kier molecular flexibility index (Phi) is 8.33. The van der Waals surface area contributed by atoms with Crippen molar-refractivity contribution in [1.82, 2.24) is 5.32 Å². The Bertz CT molecular complexity index is 1670. The molecular formula is C30H30N2O5S2. The van der Waals surface area contributed by atoms with Crippen molar-refractivity contribution in [3.63, 3.8) is 0 Å². The summed E-state index contributed by atoms with van der Waals surface area (Å²) in [4.78, 5) is 0. The van der Waals surface area contributed by atoms with E-state index >= 15 is 0 Å². The maximum atomic E-state index is 11.9. The van der Waals surface area contributed by atoms with E-state index in [0.717, 1.165) is 17.6 Å². The van der Waals surface area contributed by atoms with E-state index < -0.39 is 16.1 Å². The fourth-order valence-electron chi connectivity index (χ4n) is 4.29. The van der Waals surface area contributed by atoms with E-state index in [4.69, 9.17) is 9.47 Å². The molecule has 202 valence electrons. The minimum Gasteiger partial charge on any atom is -0.492 e. The molecule has 1 unspecified atom stereocenters. The third-order valence-corrected chi connectivity index (χ3v) is 7.88. The lowest BCUT2D eigenvalue weighted by Crippen LogP contribution is -2.26.